The van der Waals surface area contributed by atoms with E-state index < -0.39 is 35.0 Å². The van der Waals surface area contributed by atoms with E-state index in [4.69, 9.17) is 10.5 Å². The molecule has 0 N–H and O–H groups in total. The first kappa shape index (κ1) is 20.5. The molecule has 0 amide bonds. The second kappa shape index (κ2) is 8.26. The summed E-state index contributed by atoms with van der Waals surface area (Å²) in [4.78, 5) is 45.5. The van der Waals surface area contributed by atoms with Crippen LogP contribution in [0.15, 0.2) is 36.4 Å². The van der Waals surface area contributed by atoms with E-state index in [0.717, 1.165) is 0 Å². The van der Waals surface area contributed by atoms with Gasteiger partial charge in [-0.15, -0.1) is 0 Å². The standard InChI is InChI=1S/2C10H4NO2.Y/c2*11-5-8-9(12)6-3-1-2-4-7(6)10(8)13;/h2*1,3-4,8H;/q2*-1;. The molecule has 0 heterocycles. The van der Waals surface area contributed by atoms with Gasteiger partial charge in [0.25, 0.3) is 0 Å². The van der Waals surface area contributed by atoms with Crippen LogP contribution in [0.5, 0.6) is 0 Å². The number of nitriles is 2. The molecule has 0 aromatic heterocycles. The molecule has 7 heteroatoms. The van der Waals surface area contributed by atoms with Crippen molar-refractivity contribution in [3.8, 4) is 12.1 Å². The summed E-state index contributed by atoms with van der Waals surface area (Å²) in [6, 6.07) is 17.9. The van der Waals surface area contributed by atoms with Gasteiger partial charge in [-0.1, -0.05) is 22.3 Å². The van der Waals surface area contributed by atoms with Crippen molar-refractivity contribution in [2.24, 2.45) is 11.8 Å². The van der Waals surface area contributed by atoms with Crippen LogP contribution in [0.4, 0.5) is 0 Å². The van der Waals surface area contributed by atoms with Crippen molar-refractivity contribution in [3.63, 3.8) is 0 Å². The second-order valence-corrected chi connectivity index (χ2v) is 5.52. The van der Waals surface area contributed by atoms with Crippen molar-refractivity contribution in [3.05, 3.63) is 70.8 Å². The number of nitrogens with zero attached hydrogens (tertiary/aromatic N) is 2. The number of ketones is 4. The molecule has 0 spiro atoms. The van der Waals surface area contributed by atoms with E-state index in [1.807, 2.05) is 0 Å². The second-order valence-electron chi connectivity index (χ2n) is 5.52. The average Bonchev–Trinajstić information content (AvgIpc) is 3.07. The normalized spacial score (nSPS) is 19.0. The maximum absolute atomic E-state index is 11.4. The van der Waals surface area contributed by atoms with Crippen molar-refractivity contribution >= 4 is 23.1 Å². The summed E-state index contributed by atoms with van der Waals surface area (Å²) in [7, 11) is 0. The first-order chi connectivity index (χ1) is 12.5. The number of benzene rings is 2. The Bertz CT molecular complexity index is 907. The van der Waals surface area contributed by atoms with E-state index in [-0.39, 0.29) is 32.7 Å². The minimum atomic E-state index is -1.13. The van der Waals surface area contributed by atoms with Gasteiger partial charge < -0.3 is 9.59 Å². The molecular formula is C20H8N2O4Y-2. The number of Topliss-reactive ketones (excluding diaryl/α,β-unsaturated/α-hetero) is 4. The van der Waals surface area contributed by atoms with Gasteiger partial charge in [0, 0.05) is 32.7 Å². The molecule has 0 saturated heterocycles. The largest absolute Gasteiger partial charge is 0.307 e. The SMILES string of the molecule is N#CC1C(=O)c2c[c-]ccc2C1=O.N#CC1C(=O)c2c[c-]ccc2C1=O.[Y]. The molecule has 2 aromatic rings. The quantitative estimate of drug-likeness (QED) is 0.467. The van der Waals surface area contributed by atoms with Gasteiger partial charge >= 0.3 is 0 Å². The summed E-state index contributed by atoms with van der Waals surface area (Å²) < 4.78 is 0. The van der Waals surface area contributed by atoms with E-state index >= 15 is 0 Å². The molecule has 0 bridgehead atoms. The van der Waals surface area contributed by atoms with Gasteiger partial charge in [0.05, 0.1) is 12.1 Å². The summed E-state index contributed by atoms with van der Waals surface area (Å²) >= 11 is 0. The van der Waals surface area contributed by atoms with Crippen molar-refractivity contribution in [1.82, 2.24) is 0 Å². The molecule has 2 aliphatic rings. The number of carbonyl (C=O) groups is 4. The van der Waals surface area contributed by atoms with Gasteiger partial charge in [0.15, 0.2) is 23.4 Å². The van der Waals surface area contributed by atoms with Gasteiger partial charge in [-0.25, -0.2) is 0 Å². The molecule has 27 heavy (non-hydrogen) atoms. The van der Waals surface area contributed by atoms with Gasteiger partial charge in [-0.3, -0.25) is 9.59 Å². The van der Waals surface area contributed by atoms with Crippen LogP contribution >= 0.6 is 0 Å². The summed E-state index contributed by atoms with van der Waals surface area (Å²) in [5, 5.41) is 17.2. The molecular weight excluding hydrogens is 421 g/mol. The summed E-state index contributed by atoms with van der Waals surface area (Å²) in [6.45, 7) is 0. The molecule has 4 rings (SSSR count). The van der Waals surface area contributed by atoms with Crippen molar-refractivity contribution in [1.29, 1.82) is 10.5 Å². The Morgan fingerprint density at radius 3 is 1.30 bits per heavy atom. The molecule has 2 aromatic carbocycles. The smallest absolute Gasteiger partial charge is 0.163 e. The molecule has 0 aliphatic heterocycles. The van der Waals surface area contributed by atoms with Crippen LogP contribution in [0, 0.1) is 46.6 Å². The number of hydrogen-bond donors (Lipinski definition) is 0. The maximum Gasteiger partial charge on any atom is 0.163 e. The Morgan fingerprint density at radius 1 is 0.667 bits per heavy atom. The first-order valence-corrected chi connectivity index (χ1v) is 7.47. The topological polar surface area (TPSA) is 116 Å². The summed E-state index contributed by atoms with van der Waals surface area (Å²) in [5.41, 5.74) is 1.32. The minimum Gasteiger partial charge on any atom is -0.307 e. The average molecular weight is 429 g/mol. The molecule has 127 valence electrons. The summed E-state index contributed by atoms with van der Waals surface area (Å²) in [6.07, 6.45) is 0. The van der Waals surface area contributed by atoms with Crippen LogP contribution in [0.25, 0.3) is 0 Å². The summed E-state index contributed by atoms with van der Waals surface area (Å²) in [5.74, 6) is -3.86. The molecule has 1 radical (unpaired) electrons. The van der Waals surface area contributed by atoms with Crippen LogP contribution < -0.4 is 0 Å². The predicted octanol–water partition coefficient (Wildman–Crippen LogP) is 2.01. The van der Waals surface area contributed by atoms with Gasteiger partial charge in [-0.05, 0) is 0 Å². The van der Waals surface area contributed by atoms with Crippen molar-refractivity contribution in [2.75, 3.05) is 0 Å². The van der Waals surface area contributed by atoms with Gasteiger partial charge in [0.1, 0.15) is 11.6 Å². The van der Waals surface area contributed by atoms with E-state index in [1.165, 1.54) is 24.3 Å². The molecule has 2 unspecified atom stereocenters. The Labute approximate surface area is 179 Å². The zero-order valence-corrected chi connectivity index (χ0v) is 16.6. The number of hydrogen-bond acceptors (Lipinski definition) is 6. The molecule has 0 fully saturated rings. The monoisotopic (exact) mass is 429 g/mol. The third kappa shape index (κ3) is 3.42. The Hall–Kier alpha value is -2.80. The molecule has 6 nitrogen and oxygen atoms in total. The van der Waals surface area contributed by atoms with Crippen molar-refractivity contribution < 1.29 is 51.9 Å². The van der Waals surface area contributed by atoms with Crippen LogP contribution in [0.1, 0.15) is 41.4 Å². The minimum absolute atomic E-state index is 0. The Kier molecular flexibility index (Phi) is 6.28. The fraction of sp³-hybridized carbons (Fsp3) is 0.100. The number of fused-ring (bicyclic) bond motifs is 2. The first-order valence-electron chi connectivity index (χ1n) is 7.47. The molecule has 0 saturated carbocycles. The zero-order chi connectivity index (χ0) is 18.8. The van der Waals surface area contributed by atoms with Crippen molar-refractivity contribution in [2.45, 2.75) is 0 Å². The van der Waals surface area contributed by atoms with Crippen LogP contribution in [-0.4, -0.2) is 23.1 Å². The molecule has 2 atom stereocenters. The Balaban J connectivity index is 0.000000187. The van der Waals surface area contributed by atoms with E-state index in [0.29, 0.717) is 22.3 Å². The van der Waals surface area contributed by atoms with Gasteiger partial charge in [-0.2, -0.15) is 59.1 Å². The number of carbonyl (C=O) groups excluding carboxylic acids is 4. The zero-order valence-electron chi connectivity index (χ0n) is 13.7. The van der Waals surface area contributed by atoms with E-state index in [1.54, 1.807) is 24.3 Å². The van der Waals surface area contributed by atoms with Crippen LogP contribution in [0.2, 0.25) is 0 Å². The van der Waals surface area contributed by atoms with Crippen LogP contribution in [-0.2, 0) is 32.7 Å². The van der Waals surface area contributed by atoms with E-state index in [9.17, 15) is 19.2 Å². The molecule has 2 aliphatic carbocycles. The fourth-order valence-corrected chi connectivity index (χ4v) is 2.79. The van der Waals surface area contributed by atoms with Gasteiger partial charge in [0.2, 0.25) is 0 Å². The third-order valence-electron chi connectivity index (χ3n) is 4.10. The fourth-order valence-electron chi connectivity index (χ4n) is 2.79. The predicted molar refractivity (Wildman–Crippen MR) is 86.1 cm³/mol. The van der Waals surface area contributed by atoms with Crippen LogP contribution in [0.3, 0.4) is 0 Å². The van der Waals surface area contributed by atoms with E-state index in [2.05, 4.69) is 12.1 Å². The Morgan fingerprint density at radius 2 is 1.00 bits per heavy atom. The maximum atomic E-state index is 11.4. The number of rotatable bonds is 0. The third-order valence-corrected chi connectivity index (χ3v) is 4.10.